The molecule has 0 bridgehead atoms. The van der Waals surface area contributed by atoms with Crippen LogP contribution >= 0.6 is 0 Å². The summed E-state index contributed by atoms with van der Waals surface area (Å²) in [7, 11) is 0. The molecule has 0 amide bonds. The predicted molar refractivity (Wildman–Crippen MR) is 44.7 cm³/mol. The summed E-state index contributed by atoms with van der Waals surface area (Å²) in [5, 5.41) is 1.49. The summed E-state index contributed by atoms with van der Waals surface area (Å²) in [5.74, 6) is 1.78. The van der Waals surface area contributed by atoms with Crippen LogP contribution in [0.5, 0.6) is 0 Å². The van der Waals surface area contributed by atoms with Gasteiger partial charge in [-0.2, -0.15) is 0 Å². The van der Waals surface area contributed by atoms with Gasteiger partial charge in [0.2, 0.25) is 0 Å². The van der Waals surface area contributed by atoms with Crippen molar-refractivity contribution in [3.05, 3.63) is 18.4 Å². The molecule has 12 heavy (non-hydrogen) atoms. The van der Waals surface area contributed by atoms with Gasteiger partial charge >= 0.3 is 0 Å². The summed E-state index contributed by atoms with van der Waals surface area (Å²) < 4.78 is 0. The molecule has 1 saturated heterocycles. The molecule has 1 atom stereocenters. The van der Waals surface area contributed by atoms with Crippen molar-refractivity contribution in [2.45, 2.75) is 12.5 Å². The number of rotatable bonds is 3. The Morgan fingerprint density at radius 3 is 3.25 bits per heavy atom. The first kappa shape index (κ1) is 9.00. The van der Waals surface area contributed by atoms with E-state index in [9.17, 15) is 4.79 Å². The van der Waals surface area contributed by atoms with Gasteiger partial charge in [0.25, 0.3) is 0 Å². The van der Waals surface area contributed by atoms with E-state index in [2.05, 4.69) is 6.58 Å². The maximum absolute atomic E-state index is 10.4. The van der Waals surface area contributed by atoms with Crippen molar-refractivity contribution in [2.75, 3.05) is 13.2 Å². The van der Waals surface area contributed by atoms with Gasteiger partial charge in [0.15, 0.2) is 0 Å². The molecule has 0 radical (unpaired) electrons. The fourth-order valence-electron chi connectivity index (χ4n) is 1.10. The summed E-state index contributed by atoms with van der Waals surface area (Å²) in [6.45, 7) is 4.54. The normalized spacial score (nSPS) is 22.6. The molecular formula is C8H12N2O2. The number of nitrogens with two attached hydrogens (primary N) is 1. The third kappa shape index (κ3) is 1.74. The molecule has 0 aromatic heterocycles. The molecule has 1 aliphatic heterocycles. The summed E-state index contributed by atoms with van der Waals surface area (Å²) in [5.41, 5.74) is 6.00. The van der Waals surface area contributed by atoms with Crippen LogP contribution in [0.4, 0.5) is 0 Å². The number of hydroxylamine groups is 2. The van der Waals surface area contributed by atoms with Crippen LogP contribution in [0.15, 0.2) is 18.4 Å². The number of hydrogen-bond acceptors (Lipinski definition) is 4. The van der Waals surface area contributed by atoms with Crippen LogP contribution < -0.4 is 5.73 Å². The Hall–Kier alpha value is -1.09. The zero-order valence-electron chi connectivity index (χ0n) is 6.82. The lowest BCUT2D eigenvalue weighted by Gasteiger charge is -2.16. The molecule has 0 aromatic rings. The topological polar surface area (TPSA) is 55.6 Å². The lowest BCUT2D eigenvalue weighted by atomic mass is 10.2. The minimum absolute atomic E-state index is 0.229. The van der Waals surface area contributed by atoms with Crippen molar-refractivity contribution in [3.63, 3.8) is 0 Å². The number of hydrogen-bond donors (Lipinski definition) is 1. The molecule has 2 N–H and O–H groups in total. The van der Waals surface area contributed by atoms with E-state index < -0.39 is 0 Å². The Labute approximate surface area is 71.2 Å². The van der Waals surface area contributed by atoms with Crippen molar-refractivity contribution < 1.29 is 9.63 Å². The lowest BCUT2D eigenvalue weighted by molar-refractivity contribution is -0.105. The van der Waals surface area contributed by atoms with Gasteiger partial charge < -0.3 is 5.73 Å². The van der Waals surface area contributed by atoms with E-state index in [1.165, 1.54) is 5.06 Å². The van der Waals surface area contributed by atoms with Gasteiger partial charge in [-0.3, -0.25) is 4.84 Å². The van der Waals surface area contributed by atoms with Crippen LogP contribution in [0.3, 0.4) is 0 Å². The molecule has 1 rings (SSSR count). The lowest BCUT2D eigenvalue weighted by Crippen LogP contribution is -2.25. The first-order valence-electron chi connectivity index (χ1n) is 3.81. The molecular weight excluding hydrogens is 156 g/mol. The van der Waals surface area contributed by atoms with E-state index in [1.807, 2.05) is 0 Å². The highest BCUT2D eigenvalue weighted by Crippen LogP contribution is 2.17. The quantitative estimate of drug-likeness (QED) is 0.470. The highest BCUT2D eigenvalue weighted by atomic mass is 16.7. The fourth-order valence-corrected chi connectivity index (χ4v) is 1.10. The Morgan fingerprint density at radius 1 is 1.92 bits per heavy atom. The smallest absolute Gasteiger partial charge is 0.149 e. The van der Waals surface area contributed by atoms with E-state index in [1.54, 1.807) is 12.0 Å². The molecule has 66 valence electrons. The highest BCUT2D eigenvalue weighted by molar-refractivity contribution is 5.54. The first-order chi connectivity index (χ1) is 5.79. The molecule has 0 unspecified atom stereocenters. The van der Waals surface area contributed by atoms with Crippen LogP contribution in [-0.4, -0.2) is 30.2 Å². The van der Waals surface area contributed by atoms with Gasteiger partial charge in [-0.25, -0.2) is 9.86 Å². The molecule has 0 saturated carbocycles. The van der Waals surface area contributed by atoms with Gasteiger partial charge in [0.05, 0.1) is 12.6 Å². The predicted octanol–water partition coefficient (Wildman–Crippen LogP) is -0.147. The van der Waals surface area contributed by atoms with Gasteiger partial charge in [-0.15, -0.1) is 6.58 Å². The largest absolute Gasteiger partial charge is 0.322 e. The van der Waals surface area contributed by atoms with Crippen LogP contribution in [0.2, 0.25) is 0 Å². The van der Waals surface area contributed by atoms with Gasteiger partial charge in [-0.1, -0.05) is 6.08 Å². The highest BCUT2D eigenvalue weighted by Gasteiger charge is 2.26. The van der Waals surface area contributed by atoms with Crippen molar-refractivity contribution >= 4 is 5.94 Å². The fraction of sp³-hybridized carbons (Fsp3) is 0.500. The second-order valence-electron chi connectivity index (χ2n) is 2.57. The molecule has 1 aliphatic rings. The van der Waals surface area contributed by atoms with Crippen LogP contribution in [0.25, 0.3) is 0 Å². The summed E-state index contributed by atoms with van der Waals surface area (Å²) in [6.07, 6.45) is 2.36. The molecule has 0 aromatic carbocycles. The molecule has 1 heterocycles. The average molecular weight is 168 g/mol. The Morgan fingerprint density at radius 2 is 2.67 bits per heavy atom. The molecule has 0 aliphatic carbocycles. The molecule has 4 nitrogen and oxygen atoms in total. The van der Waals surface area contributed by atoms with E-state index in [0.29, 0.717) is 18.8 Å². The summed E-state index contributed by atoms with van der Waals surface area (Å²) >= 11 is 0. The maximum atomic E-state index is 10.4. The summed E-state index contributed by atoms with van der Waals surface area (Å²) in [6, 6.07) is -0.229. The molecule has 0 spiro atoms. The van der Waals surface area contributed by atoms with Crippen molar-refractivity contribution in [1.29, 1.82) is 0 Å². The minimum Gasteiger partial charge on any atom is -0.322 e. The standard InChI is InChI=1S/C8H12N2O2/c1-2-5-12-10-4-3-7(9)8(10)6-11/h2,7H,1,3-5,9H2/t7-/m1/s1. The third-order valence-electron chi connectivity index (χ3n) is 1.72. The minimum atomic E-state index is -0.229. The van der Waals surface area contributed by atoms with Crippen molar-refractivity contribution in [2.24, 2.45) is 5.73 Å². The summed E-state index contributed by atoms with van der Waals surface area (Å²) in [4.78, 5) is 15.6. The third-order valence-corrected chi connectivity index (χ3v) is 1.72. The zero-order valence-corrected chi connectivity index (χ0v) is 6.82. The average Bonchev–Trinajstić information content (AvgIpc) is 2.43. The molecule has 1 fully saturated rings. The Bertz CT molecular complexity index is 221. The van der Waals surface area contributed by atoms with E-state index in [4.69, 9.17) is 10.6 Å². The Kier molecular flexibility index (Phi) is 3.05. The van der Waals surface area contributed by atoms with Crippen molar-refractivity contribution in [1.82, 2.24) is 5.06 Å². The SMILES string of the molecule is C=CCON1CC[C@@H](N)C1=C=O. The maximum Gasteiger partial charge on any atom is 0.149 e. The second kappa shape index (κ2) is 4.07. The van der Waals surface area contributed by atoms with Crippen molar-refractivity contribution in [3.8, 4) is 0 Å². The number of nitrogens with zero attached hydrogens (tertiary/aromatic N) is 1. The first-order valence-corrected chi connectivity index (χ1v) is 3.81. The monoisotopic (exact) mass is 168 g/mol. The Balaban J connectivity index is 2.55. The zero-order chi connectivity index (χ0) is 8.97. The number of carbonyl (C=O) groups excluding carboxylic acids is 1. The van der Waals surface area contributed by atoms with Crippen LogP contribution in [-0.2, 0) is 9.63 Å². The van der Waals surface area contributed by atoms with E-state index in [0.717, 1.165) is 6.42 Å². The van der Waals surface area contributed by atoms with Crippen LogP contribution in [0.1, 0.15) is 6.42 Å². The second-order valence-corrected chi connectivity index (χ2v) is 2.57. The van der Waals surface area contributed by atoms with Crippen LogP contribution in [0, 0.1) is 0 Å². The van der Waals surface area contributed by atoms with Gasteiger partial charge in [0, 0.05) is 6.54 Å². The van der Waals surface area contributed by atoms with Gasteiger partial charge in [-0.05, 0) is 6.42 Å². The van der Waals surface area contributed by atoms with E-state index in [-0.39, 0.29) is 6.04 Å². The van der Waals surface area contributed by atoms with Gasteiger partial charge in [0.1, 0.15) is 11.6 Å². The molecule has 4 heteroatoms. The van der Waals surface area contributed by atoms with E-state index >= 15 is 0 Å².